The molecule has 0 aliphatic carbocycles. The van der Waals surface area contributed by atoms with Crippen LogP contribution in [-0.4, -0.2) is 49.7 Å². The molecule has 4 heteroatoms. The first-order chi connectivity index (χ1) is 10.2. The second kappa shape index (κ2) is 6.16. The first kappa shape index (κ1) is 14.5. The van der Waals surface area contributed by atoms with E-state index in [1.165, 1.54) is 5.56 Å². The molecule has 1 amide bonds. The lowest BCUT2D eigenvalue weighted by atomic mass is 10.1. The molecular weight excluding hydrogens is 264 g/mol. The Morgan fingerprint density at radius 1 is 1.33 bits per heavy atom. The fourth-order valence-electron chi connectivity index (χ4n) is 3.49. The molecule has 1 fully saturated rings. The molecule has 3 rings (SSSR count). The Kier molecular flexibility index (Phi) is 4.27. The number of carbonyl (C=O) groups excluding carboxylic acids is 1. The van der Waals surface area contributed by atoms with Gasteiger partial charge in [-0.3, -0.25) is 9.69 Å². The van der Waals surface area contributed by atoms with E-state index < -0.39 is 0 Å². The van der Waals surface area contributed by atoms with Crippen molar-refractivity contribution in [3.05, 3.63) is 29.8 Å². The summed E-state index contributed by atoms with van der Waals surface area (Å²) in [6.07, 6.45) is 3.01. The van der Waals surface area contributed by atoms with Gasteiger partial charge in [-0.2, -0.15) is 0 Å². The molecule has 0 saturated carbocycles. The maximum absolute atomic E-state index is 12.7. The zero-order valence-corrected chi connectivity index (χ0v) is 12.9. The monoisotopic (exact) mass is 288 g/mol. The number of nitrogens with zero attached hydrogens (tertiary/aromatic N) is 2. The van der Waals surface area contributed by atoms with E-state index in [9.17, 15) is 4.79 Å². The fourth-order valence-corrected chi connectivity index (χ4v) is 3.49. The molecule has 1 saturated heterocycles. The molecule has 4 nitrogen and oxygen atoms in total. The molecule has 2 heterocycles. The van der Waals surface area contributed by atoms with Crippen LogP contribution in [0.2, 0.25) is 0 Å². The molecule has 1 atom stereocenters. The lowest BCUT2D eigenvalue weighted by molar-refractivity contribution is -0.120. The minimum Gasteiger partial charge on any atom is -0.381 e. The standard InChI is InChI=1S/C17H24N2O2/c1-13-11-14-5-3-4-6-16(14)19(13)17(20)12-18(2)15-7-9-21-10-8-15/h3-6,13,15H,7-12H2,1-2H3/t13-/m1/s1. The molecule has 0 unspecified atom stereocenters. The van der Waals surface area contributed by atoms with Crippen LogP contribution in [0.5, 0.6) is 0 Å². The van der Waals surface area contributed by atoms with Gasteiger partial charge in [0.05, 0.1) is 6.54 Å². The van der Waals surface area contributed by atoms with Crippen molar-refractivity contribution in [3.63, 3.8) is 0 Å². The molecule has 2 aliphatic rings. The van der Waals surface area contributed by atoms with E-state index in [1.807, 2.05) is 17.0 Å². The van der Waals surface area contributed by atoms with Crippen molar-refractivity contribution in [2.45, 2.75) is 38.3 Å². The van der Waals surface area contributed by atoms with Crippen molar-refractivity contribution in [3.8, 4) is 0 Å². The molecule has 2 aliphatic heterocycles. The highest BCUT2D eigenvalue weighted by Gasteiger charge is 2.31. The zero-order valence-electron chi connectivity index (χ0n) is 12.9. The zero-order chi connectivity index (χ0) is 14.8. The smallest absolute Gasteiger partial charge is 0.241 e. The van der Waals surface area contributed by atoms with Crippen LogP contribution in [0.4, 0.5) is 5.69 Å². The third-order valence-corrected chi connectivity index (χ3v) is 4.67. The van der Waals surface area contributed by atoms with E-state index in [1.54, 1.807) is 0 Å². The van der Waals surface area contributed by atoms with E-state index in [0.717, 1.165) is 38.2 Å². The number of carbonyl (C=O) groups is 1. The summed E-state index contributed by atoms with van der Waals surface area (Å²) in [6, 6.07) is 8.98. The van der Waals surface area contributed by atoms with Crippen LogP contribution in [-0.2, 0) is 16.0 Å². The van der Waals surface area contributed by atoms with Crippen molar-refractivity contribution in [1.82, 2.24) is 4.90 Å². The number of rotatable bonds is 3. The van der Waals surface area contributed by atoms with Gasteiger partial charge in [0.15, 0.2) is 0 Å². The normalized spacial score (nSPS) is 22.6. The summed E-state index contributed by atoms with van der Waals surface area (Å²) in [4.78, 5) is 16.9. The highest BCUT2D eigenvalue weighted by atomic mass is 16.5. The Labute approximate surface area is 126 Å². The van der Waals surface area contributed by atoms with E-state index in [2.05, 4.69) is 31.0 Å². The third kappa shape index (κ3) is 2.97. The number of hydrogen-bond acceptors (Lipinski definition) is 3. The molecular formula is C17H24N2O2. The number of para-hydroxylation sites is 1. The summed E-state index contributed by atoms with van der Waals surface area (Å²) in [5.74, 6) is 0.210. The van der Waals surface area contributed by atoms with Gasteiger partial charge in [-0.15, -0.1) is 0 Å². The summed E-state index contributed by atoms with van der Waals surface area (Å²) in [5, 5.41) is 0. The van der Waals surface area contributed by atoms with E-state index in [4.69, 9.17) is 4.74 Å². The first-order valence-corrected chi connectivity index (χ1v) is 7.85. The highest BCUT2D eigenvalue weighted by molar-refractivity contribution is 5.97. The van der Waals surface area contributed by atoms with Crippen molar-refractivity contribution in [2.24, 2.45) is 0 Å². The molecule has 0 bridgehead atoms. The second-order valence-corrected chi connectivity index (χ2v) is 6.20. The van der Waals surface area contributed by atoms with Crippen molar-refractivity contribution < 1.29 is 9.53 Å². The summed E-state index contributed by atoms with van der Waals surface area (Å²) in [6.45, 7) is 4.24. The Bertz CT molecular complexity index is 511. The number of amides is 1. The topological polar surface area (TPSA) is 32.8 Å². The van der Waals surface area contributed by atoms with Crippen LogP contribution in [0.15, 0.2) is 24.3 Å². The number of likely N-dealkylation sites (N-methyl/N-ethyl adjacent to an activating group) is 1. The number of fused-ring (bicyclic) bond motifs is 1. The largest absolute Gasteiger partial charge is 0.381 e. The van der Waals surface area contributed by atoms with E-state index in [-0.39, 0.29) is 11.9 Å². The van der Waals surface area contributed by atoms with Crippen LogP contribution in [0.1, 0.15) is 25.3 Å². The van der Waals surface area contributed by atoms with Crippen molar-refractivity contribution >= 4 is 11.6 Å². The Hall–Kier alpha value is -1.39. The summed E-state index contributed by atoms with van der Waals surface area (Å²) in [7, 11) is 2.06. The van der Waals surface area contributed by atoms with Gasteiger partial charge in [-0.05, 0) is 44.9 Å². The van der Waals surface area contributed by atoms with E-state index >= 15 is 0 Å². The lowest BCUT2D eigenvalue weighted by Gasteiger charge is -2.32. The highest BCUT2D eigenvalue weighted by Crippen LogP contribution is 2.32. The molecule has 0 radical (unpaired) electrons. The van der Waals surface area contributed by atoms with Crippen molar-refractivity contribution in [1.29, 1.82) is 0 Å². The van der Waals surface area contributed by atoms with Gasteiger partial charge in [-0.25, -0.2) is 0 Å². The summed E-state index contributed by atoms with van der Waals surface area (Å²) >= 11 is 0. The SMILES string of the molecule is C[C@@H]1Cc2ccccc2N1C(=O)CN(C)C1CCOCC1. The molecule has 0 spiro atoms. The molecule has 0 N–H and O–H groups in total. The Balaban J connectivity index is 1.67. The van der Waals surface area contributed by atoms with Crippen LogP contribution < -0.4 is 4.90 Å². The Morgan fingerprint density at radius 3 is 2.81 bits per heavy atom. The van der Waals surface area contributed by atoms with Gasteiger partial charge in [0.2, 0.25) is 5.91 Å². The number of hydrogen-bond donors (Lipinski definition) is 0. The average molecular weight is 288 g/mol. The van der Waals surface area contributed by atoms with Gasteiger partial charge in [-0.1, -0.05) is 18.2 Å². The number of anilines is 1. The quantitative estimate of drug-likeness (QED) is 0.853. The predicted octanol–water partition coefficient (Wildman–Crippen LogP) is 2.08. The van der Waals surface area contributed by atoms with Gasteiger partial charge < -0.3 is 9.64 Å². The second-order valence-electron chi connectivity index (χ2n) is 6.20. The maximum atomic E-state index is 12.7. The van der Waals surface area contributed by atoms with Crippen molar-refractivity contribution in [2.75, 3.05) is 31.7 Å². The third-order valence-electron chi connectivity index (χ3n) is 4.67. The van der Waals surface area contributed by atoms with Gasteiger partial charge in [0, 0.05) is 31.0 Å². The van der Waals surface area contributed by atoms with Gasteiger partial charge in [0.1, 0.15) is 0 Å². The predicted molar refractivity (Wildman–Crippen MR) is 83.6 cm³/mol. The van der Waals surface area contributed by atoms with Crippen LogP contribution in [0.25, 0.3) is 0 Å². The molecule has 1 aromatic rings. The number of ether oxygens (including phenoxy) is 1. The fraction of sp³-hybridized carbons (Fsp3) is 0.588. The maximum Gasteiger partial charge on any atom is 0.241 e. The Morgan fingerprint density at radius 2 is 2.05 bits per heavy atom. The van der Waals surface area contributed by atoms with Crippen LogP contribution in [0, 0.1) is 0 Å². The van der Waals surface area contributed by atoms with Gasteiger partial charge >= 0.3 is 0 Å². The van der Waals surface area contributed by atoms with E-state index in [0.29, 0.717) is 12.6 Å². The molecule has 0 aromatic heterocycles. The summed E-state index contributed by atoms with van der Waals surface area (Å²) in [5.41, 5.74) is 2.38. The van der Waals surface area contributed by atoms with Gasteiger partial charge in [0.25, 0.3) is 0 Å². The summed E-state index contributed by atoms with van der Waals surface area (Å²) < 4.78 is 5.40. The molecule has 114 valence electrons. The molecule has 21 heavy (non-hydrogen) atoms. The van der Waals surface area contributed by atoms with Crippen LogP contribution in [0.3, 0.4) is 0 Å². The minimum absolute atomic E-state index is 0.210. The average Bonchev–Trinajstić information content (AvgIpc) is 2.83. The first-order valence-electron chi connectivity index (χ1n) is 7.85. The number of benzene rings is 1. The lowest BCUT2D eigenvalue weighted by Crippen LogP contribution is -2.46. The van der Waals surface area contributed by atoms with Crippen LogP contribution >= 0.6 is 0 Å². The minimum atomic E-state index is 0.210. The molecule has 1 aromatic carbocycles.